The lowest BCUT2D eigenvalue weighted by Crippen LogP contribution is -2.44. The second kappa shape index (κ2) is 4.90. The maximum Gasteiger partial charge on any atom is 0.127 e. The number of nitrogens with zero attached hydrogens (tertiary/aromatic N) is 1. The summed E-state index contributed by atoms with van der Waals surface area (Å²) in [4.78, 5) is 2.56. The Morgan fingerprint density at radius 1 is 1.25 bits per heavy atom. The molecule has 4 heteroatoms. The normalized spacial score (nSPS) is 32.2. The minimum absolute atomic E-state index is 0.106. The first-order valence-electron chi connectivity index (χ1n) is 7.58. The van der Waals surface area contributed by atoms with Crippen LogP contribution < -0.4 is 4.74 Å². The number of rotatable bonds is 2. The topological polar surface area (TPSA) is 32.7 Å². The fraction of sp³-hybridized carbons (Fsp3) is 0.625. The molecule has 2 bridgehead atoms. The minimum atomic E-state index is -0.106. The fourth-order valence-corrected chi connectivity index (χ4v) is 4.43. The Morgan fingerprint density at radius 2 is 2.00 bits per heavy atom. The summed E-state index contributed by atoms with van der Waals surface area (Å²) < 4.78 is 5.80. The molecule has 3 nitrogen and oxygen atoms in total. The van der Waals surface area contributed by atoms with E-state index in [-0.39, 0.29) is 6.10 Å². The molecule has 0 radical (unpaired) electrons. The van der Waals surface area contributed by atoms with Gasteiger partial charge in [-0.15, -0.1) is 0 Å². The Balaban J connectivity index is 1.61. The lowest BCUT2D eigenvalue weighted by molar-refractivity contribution is 0.0307. The van der Waals surface area contributed by atoms with Gasteiger partial charge in [-0.3, -0.25) is 4.90 Å². The van der Waals surface area contributed by atoms with Crippen molar-refractivity contribution in [2.75, 3.05) is 6.61 Å². The highest BCUT2D eigenvalue weighted by atomic mass is 35.5. The first-order chi connectivity index (χ1) is 9.70. The zero-order valence-corrected chi connectivity index (χ0v) is 12.3. The first-order valence-corrected chi connectivity index (χ1v) is 7.96. The third kappa shape index (κ3) is 2.12. The van der Waals surface area contributed by atoms with Gasteiger partial charge < -0.3 is 9.84 Å². The standard InChI is InChI=1S/C16H20ClNO2/c17-12-5-10-3-4-20-16(10)11(6-12)9-18-13-1-2-14(18)8-15(19)7-13/h5-6,13-15,19H,1-4,7-9H2. The zero-order valence-electron chi connectivity index (χ0n) is 11.5. The van der Waals surface area contributed by atoms with E-state index in [0.29, 0.717) is 12.1 Å². The number of piperidine rings is 1. The molecule has 3 heterocycles. The number of aliphatic hydroxyl groups excluding tert-OH is 1. The lowest BCUT2D eigenvalue weighted by atomic mass is 9.98. The van der Waals surface area contributed by atoms with E-state index in [9.17, 15) is 5.11 Å². The smallest absolute Gasteiger partial charge is 0.127 e. The molecule has 0 spiro atoms. The van der Waals surface area contributed by atoms with E-state index < -0.39 is 0 Å². The van der Waals surface area contributed by atoms with Gasteiger partial charge in [0.15, 0.2) is 0 Å². The highest BCUT2D eigenvalue weighted by molar-refractivity contribution is 6.30. The molecule has 4 rings (SSSR count). The largest absolute Gasteiger partial charge is 0.493 e. The second-order valence-electron chi connectivity index (χ2n) is 6.33. The van der Waals surface area contributed by atoms with Gasteiger partial charge >= 0.3 is 0 Å². The van der Waals surface area contributed by atoms with E-state index in [2.05, 4.69) is 11.0 Å². The van der Waals surface area contributed by atoms with Crippen LogP contribution in [0.25, 0.3) is 0 Å². The molecule has 1 N–H and O–H groups in total. The Kier molecular flexibility index (Phi) is 3.17. The summed E-state index contributed by atoms with van der Waals surface area (Å²) in [5.41, 5.74) is 2.47. The molecule has 0 saturated carbocycles. The molecule has 2 atom stereocenters. The molecule has 3 aliphatic rings. The maximum atomic E-state index is 9.90. The molecule has 20 heavy (non-hydrogen) atoms. The Bertz CT molecular complexity index is 519. The number of aliphatic hydroxyl groups is 1. The van der Waals surface area contributed by atoms with Crippen molar-refractivity contribution in [3.8, 4) is 5.75 Å². The Hall–Kier alpha value is -0.770. The zero-order chi connectivity index (χ0) is 13.7. The highest BCUT2D eigenvalue weighted by Crippen LogP contribution is 2.40. The SMILES string of the molecule is OC1CC2CCC(C1)N2Cc1cc(Cl)cc2c1OCC2. The van der Waals surface area contributed by atoms with Crippen LogP contribution in [0.3, 0.4) is 0 Å². The van der Waals surface area contributed by atoms with Gasteiger partial charge in [0.2, 0.25) is 0 Å². The molecular weight excluding hydrogens is 274 g/mol. The van der Waals surface area contributed by atoms with Crippen molar-refractivity contribution in [3.05, 3.63) is 28.3 Å². The predicted octanol–water partition coefficient (Wildman–Crippen LogP) is 2.76. The fourth-order valence-electron chi connectivity index (χ4n) is 4.16. The van der Waals surface area contributed by atoms with Gasteiger partial charge in [0.1, 0.15) is 5.75 Å². The van der Waals surface area contributed by atoms with E-state index in [1.165, 1.54) is 24.0 Å². The maximum absolute atomic E-state index is 9.90. The molecule has 2 saturated heterocycles. The van der Waals surface area contributed by atoms with Crippen LogP contribution in [0.2, 0.25) is 5.02 Å². The summed E-state index contributed by atoms with van der Waals surface area (Å²) in [5, 5.41) is 10.7. The number of ether oxygens (including phenoxy) is 1. The number of fused-ring (bicyclic) bond motifs is 3. The van der Waals surface area contributed by atoms with Gasteiger partial charge in [-0.05, 0) is 43.4 Å². The number of halogens is 1. The van der Waals surface area contributed by atoms with Crippen LogP contribution in [0.1, 0.15) is 36.8 Å². The van der Waals surface area contributed by atoms with Crippen LogP contribution in [-0.4, -0.2) is 34.8 Å². The molecule has 0 aromatic heterocycles. The molecule has 1 aromatic rings. The van der Waals surface area contributed by atoms with Gasteiger partial charge in [0.05, 0.1) is 12.7 Å². The van der Waals surface area contributed by atoms with Crippen molar-refractivity contribution in [2.45, 2.75) is 56.8 Å². The molecule has 108 valence electrons. The molecule has 3 aliphatic heterocycles. The molecule has 2 fully saturated rings. The van der Waals surface area contributed by atoms with Crippen LogP contribution in [0.4, 0.5) is 0 Å². The van der Waals surface area contributed by atoms with Crippen LogP contribution in [-0.2, 0) is 13.0 Å². The molecule has 0 amide bonds. The van der Waals surface area contributed by atoms with Crippen LogP contribution in [0.5, 0.6) is 5.75 Å². The van der Waals surface area contributed by atoms with E-state index in [4.69, 9.17) is 16.3 Å². The van der Waals surface area contributed by atoms with Crippen LogP contribution in [0.15, 0.2) is 12.1 Å². The average Bonchev–Trinajstić information content (AvgIpc) is 2.94. The molecule has 1 aromatic carbocycles. The molecule has 2 unspecified atom stereocenters. The Morgan fingerprint density at radius 3 is 2.75 bits per heavy atom. The van der Waals surface area contributed by atoms with E-state index >= 15 is 0 Å². The second-order valence-corrected chi connectivity index (χ2v) is 6.77. The van der Waals surface area contributed by atoms with Gasteiger partial charge in [-0.1, -0.05) is 11.6 Å². The summed E-state index contributed by atoms with van der Waals surface area (Å²) in [6.07, 6.45) is 5.12. The summed E-state index contributed by atoms with van der Waals surface area (Å²) in [6.45, 7) is 1.68. The van der Waals surface area contributed by atoms with Crippen molar-refractivity contribution in [1.82, 2.24) is 4.90 Å². The predicted molar refractivity (Wildman–Crippen MR) is 78.2 cm³/mol. The number of benzene rings is 1. The number of hydrogen-bond acceptors (Lipinski definition) is 3. The van der Waals surface area contributed by atoms with Crippen molar-refractivity contribution in [3.63, 3.8) is 0 Å². The highest BCUT2D eigenvalue weighted by Gasteiger charge is 2.40. The van der Waals surface area contributed by atoms with Gasteiger partial charge in [-0.2, -0.15) is 0 Å². The first kappa shape index (κ1) is 12.9. The minimum Gasteiger partial charge on any atom is -0.493 e. The molecule has 0 aliphatic carbocycles. The van der Waals surface area contributed by atoms with Crippen molar-refractivity contribution < 1.29 is 9.84 Å². The van der Waals surface area contributed by atoms with E-state index in [1.54, 1.807) is 0 Å². The molecular formula is C16H20ClNO2. The summed E-state index contributed by atoms with van der Waals surface area (Å²) in [7, 11) is 0. The monoisotopic (exact) mass is 293 g/mol. The quantitative estimate of drug-likeness (QED) is 0.910. The summed E-state index contributed by atoms with van der Waals surface area (Å²) in [5.74, 6) is 1.06. The van der Waals surface area contributed by atoms with Crippen molar-refractivity contribution in [2.24, 2.45) is 0 Å². The van der Waals surface area contributed by atoms with Crippen molar-refractivity contribution >= 4 is 11.6 Å². The van der Waals surface area contributed by atoms with Gasteiger partial charge in [0.25, 0.3) is 0 Å². The third-order valence-electron chi connectivity index (χ3n) is 5.04. The lowest BCUT2D eigenvalue weighted by Gasteiger charge is -2.37. The van der Waals surface area contributed by atoms with E-state index in [0.717, 1.165) is 43.2 Å². The summed E-state index contributed by atoms with van der Waals surface area (Å²) in [6, 6.07) is 5.14. The third-order valence-corrected chi connectivity index (χ3v) is 5.26. The summed E-state index contributed by atoms with van der Waals surface area (Å²) >= 11 is 6.24. The van der Waals surface area contributed by atoms with E-state index in [1.807, 2.05) is 6.07 Å². The van der Waals surface area contributed by atoms with Crippen LogP contribution >= 0.6 is 11.6 Å². The van der Waals surface area contributed by atoms with Crippen LogP contribution in [0, 0.1) is 0 Å². The van der Waals surface area contributed by atoms with Gasteiger partial charge in [-0.25, -0.2) is 0 Å². The van der Waals surface area contributed by atoms with Crippen molar-refractivity contribution in [1.29, 1.82) is 0 Å². The Labute approximate surface area is 124 Å². The van der Waals surface area contributed by atoms with Gasteiger partial charge in [0, 0.05) is 35.6 Å². The number of hydrogen-bond donors (Lipinski definition) is 1. The average molecular weight is 294 g/mol.